The second kappa shape index (κ2) is 12.9. The first-order valence-electron chi connectivity index (χ1n) is 13.0. The molecule has 44 heavy (non-hydrogen) atoms. The molecular weight excluding hydrogens is 644 g/mol. The van der Waals surface area contributed by atoms with Crippen LogP contribution in [0.5, 0.6) is 0 Å². The maximum Gasteiger partial charge on any atom is 0.481 e. The van der Waals surface area contributed by atoms with E-state index >= 15 is 0 Å². The van der Waals surface area contributed by atoms with E-state index in [1.54, 1.807) is 13.1 Å². The Morgan fingerprint density at radius 3 is 2.57 bits per heavy atom. The minimum absolute atomic E-state index is 0.0887. The first kappa shape index (κ1) is 32.6. The third kappa shape index (κ3) is 7.21. The minimum Gasteiger partial charge on any atom is -0.387 e. The number of thioether (sulfide) groups is 1. The third-order valence-electron chi connectivity index (χ3n) is 6.84. The molecule has 0 saturated carbocycles. The number of fused-ring (bicyclic) bond motifs is 1. The predicted octanol–water partition coefficient (Wildman–Crippen LogP) is 0.787. The van der Waals surface area contributed by atoms with Gasteiger partial charge in [0.05, 0.1) is 25.4 Å². The molecule has 8 N–H and O–H groups in total. The van der Waals surface area contributed by atoms with Crippen LogP contribution in [0.15, 0.2) is 29.5 Å². The number of nitrogen functional groups attached to an aromatic ring is 2. The van der Waals surface area contributed by atoms with E-state index in [9.17, 15) is 29.1 Å². The lowest BCUT2D eigenvalue weighted by molar-refractivity contribution is -0.0504. The van der Waals surface area contributed by atoms with E-state index in [0.717, 1.165) is 16.2 Å². The molecule has 5 heterocycles. The van der Waals surface area contributed by atoms with E-state index < -0.39 is 46.8 Å². The van der Waals surface area contributed by atoms with E-state index in [0.29, 0.717) is 24.1 Å². The number of aryl methyl sites for hydroxylation is 1. The van der Waals surface area contributed by atoms with Crippen LogP contribution in [0, 0.1) is 6.92 Å². The summed E-state index contributed by atoms with van der Waals surface area (Å²) in [5.41, 5.74) is 13.9. The number of rotatable bonds is 12. The molecule has 6 atom stereocenters. The smallest absolute Gasteiger partial charge is 0.387 e. The quantitative estimate of drug-likeness (QED) is 0.145. The first-order valence-corrected chi connectivity index (χ1v) is 17.0. The fourth-order valence-electron chi connectivity index (χ4n) is 4.54. The van der Waals surface area contributed by atoms with Crippen molar-refractivity contribution in [1.82, 2.24) is 34.4 Å². The molecular formula is C22H31N9O10P2S. The van der Waals surface area contributed by atoms with Crippen molar-refractivity contribution >= 4 is 50.2 Å². The number of aromatic nitrogens is 6. The van der Waals surface area contributed by atoms with Crippen molar-refractivity contribution in [2.24, 2.45) is 0 Å². The molecule has 0 radical (unpaired) electrons. The number of phosphoric ester groups is 2. The molecule has 0 bridgehead atoms. The van der Waals surface area contributed by atoms with Crippen LogP contribution in [-0.2, 0) is 33.8 Å². The van der Waals surface area contributed by atoms with Gasteiger partial charge < -0.3 is 41.1 Å². The van der Waals surface area contributed by atoms with Gasteiger partial charge in [0.15, 0.2) is 17.7 Å². The number of aliphatic hydroxyl groups excluding tert-OH is 2. The van der Waals surface area contributed by atoms with Gasteiger partial charge in [0.1, 0.15) is 41.8 Å². The molecule has 1 fully saturated rings. The number of allylic oxidation sites excluding steroid dienone is 1. The molecule has 0 aliphatic carbocycles. The van der Waals surface area contributed by atoms with Crippen molar-refractivity contribution in [3.8, 4) is 0 Å². The summed E-state index contributed by atoms with van der Waals surface area (Å²) >= 11 is 1.50. The van der Waals surface area contributed by atoms with Gasteiger partial charge in [-0.1, -0.05) is 0 Å². The molecule has 0 amide bonds. The summed E-state index contributed by atoms with van der Waals surface area (Å²) in [4.78, 5) is 43.3. The summed E-state index contributed by atoms with van der Waals surface area (Å²) < 4.78 is 45.9. The molecule has 3 aromatic heterocycles. The molecule has 19 nitrogen and oxygen atoms in total. The van der Waals surface area contributed by atoms with Crippen molar-refractivity contribution in [3.63, 3.8) is 0 Å². The lowest BCUT2D eigenvalue weighted by atomic mass is 10.1. The highest BCUT2D eigenvalue weighted by atomic mass is 32.2. The normalized spacial score (nSPS) is 25.1. The van der Waals surface area contributed by atoms with Crippen molar-refractivity contribution in [2.45, 2.75) is 51.4 Å². The number of ether oxygens (including phenoxy) is 1. The fourth-order valence-corrected chi connectivity index (χ4v) is 7.78. The molecule has 3 aromatic rings. The molecule has 240 valence electrons. The van der Waals surface area contributed by atoms with Crippen LogP contribution in [0.3, 0.4) is 0 Å². The second-order valence-electron chi connectivity index (χ2n) is 9.83. The van der Waals surface area contributed by atoms with Crippen molar-refractivity contribution in [2.75, 3.05) is 30.6 Å². The predicted molar refractivity (Wildman–Crippen MR) is 155 cm³/mol. The van der Waals surface area contributed by atoms with E-state index in [4.69, 9.17) is 25.3 Å². The van der Waals surface area contributed by atoms with Gasteiger partial charge in [0.2, 0.25) is 0 Å². The van der Waals surface area contributed by atoms with E-state index in [1.807, 2.05) is 11.8 Å². The van der Waals surface area contributed by atoms with Crippen LogP contribution in [0.25, 0.3) is 11.2 Å². The zero-order chi connectivity index (χ0) is 31.8. The SMILES string of the molecule is CC1=C(CCOP(=O)(O)OP(=O)(O)OC[C@H]2O[C@@H](n3cnc4c(N)ncnc43)[C@@H](O)[C@H]2O)SCN1Cc1cnc(C)nc1N. The Morgan fingerprint density at radius 2 is 1.82 bits per heavy atom. The first-order chi connectivity index (χ1) is 20.7. The van der Waals surface area contributed by atoms with Crippen LogP contribution >= 0.6 is 27.4 Å². The van der Waals surface area contributed by atoms with Crippen LogP contribution in [0.4, 0.5) is 11.6 Å². The van der Waals surface area contributed by atoms with E-state index in [2.05, 4.69) is 29.2 Å². The molecule has 1 saturated heterocycles. The van der Waals surface area contributed by atoms with Gasteiger partial charge in [0.25, 0.3) is 0 Å². The fraction of sp³-hybridized carbons (Fsp3) is 0.500. The average Bonchev–Trinajstić information content (AvgIpc) is 3.61. The Kier molecular flexibility index (Phi) is 9.60. The Balaban J connectivity index is 1.11. The summed E-state index contributed by atoms with van der Waals surface area (Å²) in [6.45, 7) is 3.00. The maximum atomic E-state index is 12.4. The monoisotopic (exact) mass is 675 g/mol. The van der Waals surface area contributed by atoms with Crippen LogP contribution in [0.2, 0.25) is 0 Å². The lowest BCUT2D eigenvalue weighted by Gasteiger charge is -2.20. The minimum atomic E-state index is -5.19. The molecule has 5 rings (SSSR count). The molecule has 22 heteroatoms. The molecule has 0 aromatic carbocycles. The number of phosphoric acid groups is 2. The van der Waals surface area contributed by atoms with Crippen molar-refractivity contribution < 1.29 is 47.2 Å². The average molecular weight is 676 g/mol. The number of aliphatic hydroxyl groups is 2. The Hall–Kier alpha value is -2.74. The zero-order valence-corrected chi connectivity index (χ0v) is 26.0. The topological polar surface area (TPSA) is 277 Å². The summed E-state index contributed by atoms with van der Waals surface area (Å²) in [5.74, 6) is 1.65. The maximum absolute atomic E-state index is 12.4. The van der Waals surface area contributed by atoms with Gasteiger partial charge in [-0.05, 0) is 13.8 Å². The largest absolute Gasteiger partial charge is 0.481 e. The van der Waals surface area contributed by atoms with Crippen LogP contribution < -0.4 is 11.5 Å². The number of anilines is 2. The van der Waals surface area contributed by atoms with Crippen LogP contribution in [-0.4, -0.2) is 91.8 Å². The molecule has 2 unspecified atom stereocenters. The Morgan fingerprint density at radius 1 is 1.07 bits per heavy atom. The Labute approximate surface area is 254 Å². The number of nitrogens with zero attached hydrogens (tertiary/aromatic N) is 7. The van der Waals surface area contributed by atoms with Gasteiger partial charge >= 0.3 is 15.6 Å². The summed E-state index contributed by atoms with van der Waals surface area (Å²) in [6, 6.07) is 0. The van der Waals surface area contributed by atoms with Gasteiger partial charge in [0, 0.05) is 35.3 Å². The molecule has 0 spiro atoms. The highest BCUT2D eigenvalue weighted by Crippen LogP contribution is 2.60. The highest BCUT2D eigenvalue weighted by molar-refractivity contribution is 8.03. The van der Waals surface area contributed by atoms with Crippen molar-refractivity contribution in [3.05, 3.63) is 40.8 Å². The number of nitrogens with two attached hydrogens (primary N) is 2. The van der Waals surface area contributed by atoms with Crippen molar-refractivity contribution in [1.29, 1.82) is 0 Å². The van der Waals surface area contributed by atoms with E-state index in [1.165, 1.54) is 29.0 Å². The van der Waals surface area contributed by atoms with Gasteiger partial charge in [-0.15, -0.1) is 11.8 Å². The van der Waals surface area contributed by atoms with Gasteiger partial charge in [-0.25, -0.2) is 34.0 Å². The third-order valence-corrected chi connectivity index (χ3v) is 10.8. The summed E-state index contributed by atoms with van der Waals surface area (Å²) in [7, 11) is -10.2. The summed E-state index contributed by atoms with van der Waals surface area (Å²) in [5, 5.41) is 21.0. The Bertz CT molecular complexity index is 1660. The lowest BCUT2D eigenvalue weighted by Crippen LogP contribution is -2.33. The second-order valence-corrected chi connectivity index (χ2v) is 13.9. The number of hydrogen-bond acceptors (Lipinski definition) is 17. The highest BCUT2D eigenvalue weighted by Gasteiger charge is 2.46. The molecule has 2 aliphatic heterocycles. The zero-order valence-electron chi connectivity index (χ0n) is 23.4. The van der Waals surface area contributed by atoms with Crippen LogP contribution in [0.1, 0.15) is 31.0 Å². The standard InChI is InChI=1S/C22H31N9O10P2S/c1-11-15(44-10-30(11)6-13-5-25-12(2)29-19(13)23)3-4-38-42(34,35)41-43(36,37)39-7-14-17(32)18(33)22(40-14)31-9-28-16-20(24)26-8-27-21(16)31/h5,8-9,14,17-18,22,32-33H,3-4,6-7,10H2,1-2H3,(H,34,35)(H,36,37)(H2,23,25,29)(H2,24,26,27)/t14-,17+,18+,22-/m1/s1. The number of imidazole rings is 1. The van der Waals surface area contributed by atoms with E-state index in [-0.39, 0.29) is 30.0 Å². The molecule has 2 aliphatic rings. The van der Waals surface area contributed by atoms with Gasteiger partial charge in [-0.3, -0.25) is 13.6 Å². The summed E-state index contributed by atoms with van der Waals surface area (Å²) in [6.07, 6.45) is -1.31. The van der Waals surface area contributed by atoms with Gasteiger partial charge in [-0.2, -0.15) is 4.31 Å². The number of hydrogen-bond donors (Lipinski definition) is 6.